The van der Waals surface area contributed by atoms with Gasteiger partial charge in [-0.25, -0.2) is 13.2 Å². The zero-order chi connectivity index (χ0) is 16.3. The maximum atomic E-state index is 12.0. The van der Waals surface area contributed by atoms with E-state index in [4.69, 9.17) is 11.6 Å². The van der Waals surface area contributed by atoms with Gasteiger partial charge in [0.25, 0.3) is 0 Å². The number of nitrogens with zero attached hydrogens (tertiary/aromatic N) is 1. The molecule has 0 radical (unpaired) electrons. The highest BCUT2D eigenvalue weighted by Gasteiger charge is 2.39. The predicted octanol–water partition coefficient (Wildman–Crippen LogP) is 2.30. The van der Waals surface area contributed by atoms with Crippen LogP contribution in [0.25, 0.3) is 0 Å². The Labute approximate surface area is 136 Å². The maximum absolute atomic E-state index is 12.0. The normalized spacial score (nSPS) is 15.7. The second kappa shape index (κ2) is 6.87. The number of halogens is 1. The van der Waals surface area contributed by atoms with Gasteiger partial charge in [-0.15, -0.1) is 0 Å². The Hall–Kier alpha value is -1.27. The van der Waals surface area contributed by atoms with Crippen molar-refractivity contribution in [1.29, 1.82) is 0 Å². The molecule has 2 rings (SSSR count). The van der Waals surface area contributed by atoms with E-state index in [9.17, 15) is 13.2 Å². The van der Waals surface area contributed by atoms with Crippen molar-refractivity contribution in [2.45, 2.75) is 25.6 Å². The number of hydrogen-bond donors (Lipinski definition) is 1. The SMILES string of the molecule is CC(C)CS(=O)(=O)C1CN(C(=O)NCc2ccc(Cl)cc2)C1. The van der Waals surface area contributed by atoms with E-state index in [0.29, 0.717) is 11.6 Å². The third-order valence-corrected chi connectivity index (χ3v) is 6.26. The van der Waals surface area contributed by atoms with Gasteiger partial charge in [0.2, 0.25) is 0 Å². The number of urea groups is 1. The molecular formula is C15H21ClN2O3S. The van der Waals surface area contributed by atoms with Gasteiger partial charge in [-0.3, -0.25) is 0 Å². The Kier molecular flexibility index (Phi) is 5.34. The molecule has 1 aliphatic rings. The molecule has 0 atom stereocenters. The lowest BCUT2D eigenvalue weighted by atomic mass is 10.2. The summed E-state index contributed by atoms with van der Waals surface area (Å²) in [5.41, 5.74) is 0.947. The topological polar surface area (TPSA) is 66.5 Å². The van der Waals surface area contributed by atoms with Crippen LogP contribution in [0.5, 0.6) is 0 Å². The van der Waals surface area contributed by atoms with Gasteiger partial charge in [0, 0.05) is 24.7 Å². The summed E-state index contributed by atoms with van der Waals surface area (Å²) in [6, 6.07) is 6.98. The van der Waals surface area contributed by atoms with E-state index in [1.807, 2.05) is 26.0 Å². The molecule has 1 saturated heterocycles. The second-order valence-electron chi connectivity index (χ2n) is 6.04. The summed E-state index contributed by atoms with van der Waals surface area (Å²) < 4.78 is 24.1. The quantitative estimate of drug-likeness (QED) is 0.891. The molecule has 2 amide bonds. The highest BCUT2D eigenvalue weighted by Crippen LogP contribution is 2.19. The first kappa shape index (κ1) is 17.1. The molecule has 0 spiro atoms. The molecule has 1 fully saturated rings. The van der Waals surface area contributed by atoms with Crippen LogP contribution >= 0.6 is 11.6 Å². The molecule has 0 unspecified atom stereocenters. The molecule has 122 valence electrons. The molecule has 0 saturated carbocycles. The molecule has 0 bridgehead atoms. The van der Waals surface area contributed by atoms with Crippen molar-refractivity contribution >= 4 is 27.5 Å². The first-order valence-electron chi connectivity index (χ1n) is 7.26. The van der Waals surface area contributed by atoms with Crippen molar-refractivity contribution in [3.8, 4) is 0 Å². The van der Waals surface area contributed by atoms with Gasteiger partial charge in [0.15, 0.2) is 9.84 Å². The van der Waals surface area contributed by atoms with Crippen LogP contribution < -0.4 is 5.32 Å². The third kappa shape index (κ3) is 4.36. The minimum Gasteiger partial charge on any atom is -0.334 e. The summed E-state index contributed by atoms with van der Waals surface area (Å²) in [6.45, 7) is 4.72. The van der Waals surface area contributed by atoms with E-state index in [2.05, 4.69) is 5.32 Å². The van der Waals surface area contributed by atoms with Crippen LogP contribution in [-0.4, -0.2) is 43.4 Å². The van der Waals surface area contributed by atoms with Crippen LogP contribution in [0, 0.1) is 5.92 Å². The summed E-state index contributed by atoms with van der Waals surface area (Å²) in [4.78, 5) is 13.5. The van der Waals surface area contributed by atoms with Crippen LogP contribution in [0.4, 0.5) is 4.79 Å². The first-order valence-corrected chi connectivity index (χ1v) is 9.36. The highest BCUT2D eigenvalue weighted by molar-refractivity contribution is 7.92. The van der Waals surface area contributed by atoms with Crippen molar-refractivity contribution in [3.05, 3.63) is 34.9 Å². The molecule has 5 nitrogen and oxygen atoms in total. The molecule has 1 aromatic carbocycles. The molecule has 0 aromatic heterocycles. The zero-order valence-corrected chi connectivity index (χ0v) is 14.3. The number of likely N-dealkylation sites (tertiary alicyclic amines) is 1. The molecule has 22 heavy (non-hydrogen) atoms. The van der Waals surface area contributed by atoms with Gasteiger partial charge in [0.1, 0.15) is 0 Å². The fraction of sp³-hybridized carbons (Fsp3) is 0.533. The van der Waals surface area contributed by atoms with E-state index in [1.54, 1.807) is 12.1 Å². The number of rotatable bonds is 5. The van der Waals surface area contributed by atoms with Crippen LogP contribution in [0.3, 0.4) is 0 Å². The molecule has 1 heterocycles. The minimum absolute atomic E-state index is 0.109. The van der Waals surface area contributed by atoms with Gasteiger partial charge in [-0.1, -0.05) is 37.6 Å². The van der Waals surface area contributed by atoms with Crippen molar-refractivity contribution in [1.82, 2.24) is 10.2 Å². The van der Waals surface area contributed by atoms with Gasteiger partial charge in [0.05, 0.1) is 11.0 Å². The average molecular weight is 345 g/mol. The van der Waals surface area contributed by atoms with Crippen molar-refractivity contribution in [2.24, 2.45) is 5.92 Å². The Morgan fingerprint density at radius 1 is 1.32 bits per heavy atom. The fourth-order valence-electron chi connectivity index (χ4n) is 2.32. The van der Waals surface area contributed by atoms with Gasteiger partial charge in [-0.2, -0.15) is 0 Å². The van der Waals surface area contributed by atoms with Crippen LogP contribution in [0.15, 0.2) is 24.3 Å². The lowest BCUT2D eigenvalue weighted by Crippen LogP contribution is -2.59. The predicted molar refractivity (Wildman–Crippen MR) is 87.7 cm³/mol. The number of hydrogen-bond acceptors (Lipinski definition) is 3. The smallest absolute Gasteiger partial charge is 0.317 e. The summed E-state index contributed by atoms with van der Waals surface area (Å²) >= 11 is 5.80. The Balaban J connectivity index is 1.78. The number of amides is 2. The lowest BCUT2D eigenvalue weighted by molar-refractivity contribution is 0.168. The number of benzene rings is 1. The van der Waals surface area contributed by atoms with Crippen LogP contribution in [0.1, 0.15) is 19.4 Å². The van der Waals surface area contributed by atoms with Crippen molar-refractivity contribution in [2.75, 3.05) is 18.8 Å². The summed E-state index contributed by atoms with van der Waals surface area (Å²) in [7, 11) is -3.10. The van der Waals surface area contributed by atoms with Gasteiger partial charge in [-0.05, 0) is 23.6 Å². The van der Waals surface area contributed by atoms with Crippen molar-refractivity contribution in [3.63, 3.8) is 0 Å². The molecule has 7 heteroatoms. The second-order valence-corrected chi connectivity index (χ2v) is 8.80. The summed E-state index contributed by atoms with van der Waals surface area (Å²) in [6.07, 6.45) is 0. The number of sulfone groups is 1. The van der Waals surface area contributed by atoms with Gasteiger partial charge < -0.3 is 10.2 Å². The number of nitrogens with one attached hydrogen (secondary N) is 1. The number of carbonyl (C=O) groups excluding carboxylic acids is 1. The monoisotopic (exact) mass is 344 g/mol. The largest absolute Gasteiger partial charge is 0.334 e. The standard InChI is InChI=1S/C15H21ClN2O3S/c1-11(2)10-22(20,21)14-8-18(9-14)15(19)17-7-12-3-5-13(16)6-4-12/h3-6,11,14H,7-10H2,1-2H3,(H,17,19). The maximum Gasteiger partial charge on any atom is 0.317 e. The zero-order valence-electron chi connectivity index (χ0n) is 12.8. The minimum atomic E-state index is -3.10. The van der Waals surface area contributed by atoms with E-state index in [0.717, 1.165) is 5.56 Å². The van der Waals surface area contributed by atoms with E-state index < -0.39 is 15.1 Å². The Bertz CT molecular complexity index is 623. The molecule has 1 aromatic rings. The van der Waals surface area contributed by atoms with E-state index in [-0.39, 0.29) is 30.8 Å². The summed E-state index contributed by atoms with van der Waals surface area (Å²) in [5, 5.41) is 3.01. The van der Waals surface area contributed by atoms with Crippen molar-refractivity contribution < 1.29 is 13.2 Å². The molecule has 1 aliphatic heterocycles. The summed E-state index contributed by atoms with van der Waals surface area (Å²) in [5.74, 6) is 0.288. The molecule has 0 aliphatic carbocycles. The van der Waals surface area contributed by atoms with Crippen LogP contribution in [-0.2, 0) is 16.4 Å². The van der Waals surface area contributed by atoms with Crippen LogP contribution in [0.2, 0.25) is 5.02 Å². The van der Waals surface area contributed by atoms with Gasteiger partial charge >= 0.3 is 6.03 Å². The molecule has 1 N–H and O–H groups in total. The fourth-order valence-corrected chi connectivity index (χ4v) is 4.47. The Morgan fingerprint density at radius 2 is 1.91 bits per heavy atom. The lowest BCUT2D eigenvalue weighted by Gasteiger charge is -2.38. The van der Waals surface area contributed by atoms with E-state index >= 15 is 0 Å². The number of carbonyl (C=O) groups is 1. The highest BCUT2D eigenvalue weighted by atomic mass is 35.5. The Morgan fingerprint density at radius 3 is 2.45 bits per heavy atom. The third-order valence-electron chi connectivity index (χ3n) is 3.57. The average Bonchev–Trinajstić information content (AvgIpc) is 2.34. The molecular weight excluding hydrogens is 324 g/mol. The van der Waals surface area contributed by atoms with E-state index in [1.165, 1.54) is 4.90 Å². The first-order chi connectivity index (χ1) is 10.3.